The molecule has 1 N–H and O–H groups in total. The number of thiazole rings is 1. The minimum atomic E-state index is -1.01. The molecule has 0 radical (unpaired) electrons. The molecule has 4 rings (SSSR count). The summed E-state index contributed by atoms with van der Waals surface area (Å²) in [7, 11) is 2.75. The van der Waals surface area contributed by atoms with E-state index in [-0.39, 0.29) is 28.1 Å². The first-order chi connectivity index (χ1) is 14.7. The van der Waals surface area contributed by atoms with Crippen molar-refractivity contribution in [1.29, 1.82) is 0 Å². The maximum Gasteiger partial charge on any atom is 0.332 e. The van der Waals surface area contributed by atoms with Gasteiger partial charge in [0.2, 0.25) is 11.2 Å². The maximum absolute atomic E-state index is 13.4. The zero-order chi connectivity index (χ0) is 22.4. The molecule has 0 aliphatic rings. The van der Waals surface area contributed by atoms with Gasteiger partial charge in [-0.2, -0.15) is 4.98 Å². The van der Waals surface area contributed by atoms with Crippen molar-refractivity contribution in [2.75, 3.05) is 5.32 Å². The van der Waals surface area contributed by atoms with Crippen molar-refractivity contribution in [1.82, 2.24) is 23.7 Å². The highest BCUT2D eigenvalue weighted by molar-refractivity contribution is 7.14. The molecule has 0 fully saturated rings. The highest BCUT2D eigenvalue weighted by atomic mass is 35.5. The zero-order valence-corrected chi connectivity index (χ0v) is 17.6. The van der Waals surface area contributed by atoms with Crippen LogP contribution in [0.1, 0.15) is 0 Å². The van der Waals surface area contributed by atoms with E-state index in [4.69, 9.17) is 11.6 Å². The first-order valence-electron chi connectivity index (χ1n) is 8.70. The van der Waals surface area contributed by atoms with Gasteiger partial charge in [-0.1, -0.05) is 0 Å². The van der Waals surface area contributed by atoms with Crippen LogP contribution in [0.15, 0.2) is 33.2 Å². The number of imidazole rings is 1. The Hall–Kier alpha value is -3.38. The first-order valence-corrected chi connectivity index (χ1v) is 9.95. The number of anilines is 1. The van der Waals surface area contributed by atoms with Crippen molar-refractivity contribution in [2.45, 2.75) is 6.54 Å². The van der Waals surface area contributed by atoms with Gasteiger partial charge in [0.25, 0.3) is 5.56 Å². The van der Waals surface area contributed by atoms with Crippen LogP contribution in [0.3, 0.4) is 0 Å². The fourth-order valence-electron chi connectivity index (χ4n) is 2.99. The fraction of sp³-hybridized carbons (Fsp3) is 0.167. The van der Waals surface area contributed by atoms with E-state index >= 15 is 0 Å². The Bertz CT molecular complexity index is 1470. The third-order valence-electron chi connectivity index (χ3n) is 4.57. The molecule has 160 valence electrons. The number of carbonyl (C=O) groups is 1. The third-order valence-corrected chi connectivity index (χ3v) is 5.62. The summed E-state index contributed by atoms with van der Waals surface area (Å²) in [4.78, 5) is 45.3. The van der Waals surface area contributed by atoms with Gasteiger partial charge in [-0.15, -0.1) is 11.3 Å². The van der Waals surface area contributed by atoms with Crippen LogP contribution < -0.4 is 16.6 Å². The number of nitrogens with zero attached hydrogens (tertiary/aromatic N) is 5. The van der Waals surface area contributed by atoms with E-state index in [1.54, 1.807) is 5.38 Å². The van der Waals surface area contributed by atoms with Gasteiger partial charge in [0.15, 0.2) is 27.9 Å². The van der Waals surface area contributed by atoms with E-state index in [0.29, 0.717) is 11.3 Å². The second kappa shape index (κ2) is 7.71. The molecule has 3 heterocycles. The molecule has 0 unspecified atom stereocenters. The van der Waals surface area contributed by atoms with E-state index in [1.807, 2.05) is 0 Å². The van der Waals surface area contributed by atoms with Gasteiger partial charge >= 0.3 is 5.69 Å². The van der Waals surface area contributed by atoms with Crippen LogP contribution in [-0.4, -0.2) is 29.6 Å². The number of hydrogen-bond acceptors (Lipinski definition) is 6. The van der Waals surface area contributed by atoms with E-state index < -0.39 is 28.8 Å². The fourth-order valence-corrected chi connectivity index (χ4v) is 3.95. The molecular weight excluding hydrogens is 454 g/mol. The van der Waals surface area contributed by atoms with Crippen LogP contribution in [0.4, 0.5) is 13.9 Å². The number of carbonyl (C=O) groups excluding carboxylic acids is 1. The first kappa shape index (κ1) is 20.9. The van der Waals surface area contributed by atoms with Gasteiger partial charge < -0.3 is 5.32 Å². The lowest BCUT2D eigenvalue weighted by molar-refractivity contribution is -0.116. The van der Waals surface area contributed by atoms with Gasteiger partial charge in [-0.25, -0.2) is 18.6 Å². The van der Waals surface area contributed by atoms with Crippen LogP contribution in [-0.2, 0) is 25.4 Å². The molecule has 31 heavy (non-hydrogen) atoms. The molecule has 0 atom stereocenters. The Morgan fingerprint density at radius 2 is 1.90 bits per heavy atom. The molecule has 1 aromatic carbocycles. The summed E-state index contributed by atoms with van der Waals surface area (Å²) in [6.45, 7) is -0.358. The molecule has 13 heteroatoms. The van der Waals surface area contributed by atoms with E-state index in [2.05, 4.69) is 15.3 Å². The average molecular weight is 467 g/mol. The summed E-state index contributed by atoms with van der Waals surface area (Å²) in [5, 5.41) is 4.22. The van der Waals surface area contributed by atoms with Crippen LogP contribution in [0.5, 0.6) is 0 Å². The van der Waals surface area contributed by atoms with Crippen molar-refractivity contribution < 1.29 is 13.6 Å². The van der Waals surface area contributed by atoms with Crippen LogP contribution in [0.2, 0.25) is 5.28 Å². The predicted octanol–water partition coefficient (Wildman–Crippen LogP) is 2.13. The highest BCUT2D eigenvalue weighted by Crippen LogP contribution is 2.26. The second-order valence-corrected chi connectivity index (χ2v) is 7.76. The number of amides is 1. The predicted molar refractivity (Wildman–Crippen MR) is 111 cm³/mol. The normalized spacial score (nSPS) is 11.3. The molecule has 9 nitrogen and oxygen atoms in total. The zero-order valence-electron chi connectivity index (χ0n) is 16.0. The molecule has 0 aliphatic carbocycles. The number of fused-ring (bicyclic) bond motifs is 1. The molecule has 3 aromatic heterocycles. The number of aromatic nitrogens is 5. The van der Waals surface area contributed by atoms with Gasteiger partial charge in [0.05, 0.1) is 5.69 Å². The van der Waals surface area contributed by atoms with Crippen molar-refractivity contribution in [3.8, 4) is 11.3 Å². The minimum Gasteiger partial charge on any atom is -0.300 e. The Morgan fingerprint density at radius 1 is 1.16 bits per heavy atom. The van der Waals surface area contributed by atoms with Crippen molar-refractivity contribution in [2.24, 2.45) is 14.1 Å². The summed E-state index contributed by atoms with van der Waals surface area (Å²) >= 11 is 7.19. The van der Waals surface area contributed by atoms with Gasteiger partial charge in [0.1, 0.15) is 6.54 Å². The summed E-state index contributed by atoms with van der Waals surface area (Å²) in [5.74, 6) is -2.53. The second-order valence-electron chi connectivity index (χ2n) is 6.56. The largest absolute Gasteiger partial charge is 0.332 e. The van der Waals surface area contributed by atoms with Gasteiger partial charge in [0, 0.05) is 25.0 Å². The number of aryl methyl sites for hydroxylation is 1. The Morgan fingerprint density at radius 3 is 2.61 bits per heavy atom. The molecule has 0 aliphatic heterocycles. The maximum atomic E-state index is 13.4. The van der Waals surface area contributed by atoms with Crippen molar-refractivity contribution in [3.63, 3.8) is 0 Å². The molecule has 1 amide bonds. The number of rotatable bonds is 4. The van der Waals surface area contributed by atoms with Crippen molar-refractivity contribution in [3.05, 3.63) is 61.3 Å². The lowest BCUT2D eigenvalue weighted by atomic mass is 10.2. The summed E-state index contributed by atoms with van der Waals surface area (Å²) in [5.41, 5.74) is -0.444. The number of benzene rings is 1. The summed E-state index contributed by atoms with van der Waals surface area (Å²) in [6, 6.07) is 3.37. The SMILES string of the molecule is Cn1c(=O)c2c(nc(Cl)n2CC(=O)Nc2nc(-c3ccc(F)c(F)c3)cs2)n(C)c1=O. The van der Waals surface area contributed by atoms with E-state index in [9.17, 15) is 23.2 Å². The smallest absolute Gasteiger partial charge is 0.300 e. The quantitative estimate of drug-likeness (QED) is 0.464. The lowest BCUT2D eigenvalue weighted by Crippen LogP contribution is -2.37. The minimum absolute atomic E-state index is 0.00589. The number of hydrogen-bond donors (Lipinski definition) is 1. The monoisotopic (exact) mass is 466 g/mol. The molecule has 0 bridgehead atoms. The Kier molecular flexibility index (Phi) is 5.19. The highest BCUT2D eigenvalue weighted by Gasteiger charge is 2.20. The summed E-state index contributed by atoms with van der Waals surface area (Å²) < 4.78 is 29.8. The standard InChI is InChI=1S/C18H13ClF2N6O3S/c1-25-14-13(15(29)26(2)18(25)30)27(16(19)24-14)6-12(28)23-17-22-11(7-31-17)8-3-4-9(20)10(21)5-8/h3-5,7H,6H2,1-2H3,(H,22,23,28). The molecular formula is C18H13ClF2N6O3S. The molecule has 4 aromatic rings. The Balaban J connectivity index is 1.60. The van der Waals surface area contributed by atoms with E-state index in [0.717, 1.165) is 32.6 Å². The molecule has 0 saturated carbocycles. The summed E-state index contributed by atoms with van der Waals surface area (Å²) in [6.07, 6.45) is 0. The van der Waals surface area contributed by atoms with Crippen LogP contribution in [0.25, 0.3) is 22.4 Å². The number of halogens is 3. The molecule has 0 saturated heterocycles. The van der Waals surface area contributed by atoms with Crippen molar-refractivity contribution >= 4 is 45.1 Å². The van der Waals surface area contributed by atoms with E-state index in [1.165, 1.54) is 24.7 Å². The van der Waals surface area contributed by atoms with Crippen LogP contribution in [0, 0.1) is 11.6 Å². The average Bonchev–Trinajstić information content (AvgIpc) is 3.32. The third kappa shape index (κ3) is 3.64. The number of nitrogens with one attached hydrogen (secondary N) is 1. The molecule has 0 spiro atoms. The lowest BCUT2D eigenvalue weighted by Gasteiger charge is -2.07. The van der Waals surface area contributed by atoms with Crippen LogP contribution >= 0.6 is 22.9 Å². The van der Waals surface area contributed by atoms with Gasteiger partial charge in [-0.05, 0) is 29.8 Å². The topological polar surface area (TPSA) is 104 Å². The van der Waals surface area contributed by atoms with Gasteiger partial charge in [-0.3, -0.25) is 23.3 Å². The Labute approximate surface area is 181 Å².